The molecule has 1 saturated heterocycles. The average molecular weight is 556 g/mol. The van der Waals surface area contributed by atoms with Gasteiger partial charge < -0.3 is 9.47 Å². The lowest BCUT2D eigenvalue weighted by molar-refractivity contribution is -0.122. The van der Waals surface area contributed by atoms with Gasteiger partial charge in [0.1, 0.15) is 12.2 Å². The number of carbonyl (C=O) groups is 3. The van der Waals surface area contributed by atoms with E-state index < -0.39 is 17.8 Å². The first-order valence-corrected chi connectivity index (χ1v) is 11.7. The molecule has 1 aliphatic heterocycles. The average Bonchev–Trinajstić information content (AvgIpc) is 2.83. The zero-order valence-corrected chi connectivity index (χ0v) is 21.1. The number of amides is 4. The maximum Gasteiger partial charge on any atom is 0.335 e. The highest BCUT2D eigenvalue weighted by Gasteiger charge is 2.37. The van der Waals surface area contributed by atoms with Crippen LogP contribution in [0.4, 0.5) is 10.5 Å². The Labute approximate surface area is 215 Å². The van der Waals surface area contributed by atoms with E-state index in [4.69, 9.17) is 21.1 Å². The van der Waals surface area contributed by atoms with Gasteiger partial charge in [0.2, 0.25) is 0 Å². The number of benzene rings is 3. The lowest BCUT2D eigenvalue weighted by Gasteiger charge is -2.27. The molecule has 4 rings (SSSR count). The molecule has 0 spiro atoms. The molecule has 4 amide bonds. The molecule has 0 bridgehead atoms. The highest BCUT2D eigenvalue weighted by atomic mass is 79.9. The molecule has 0 unspecified atom stereocenters. The van der Waals surface area contributed by atoms with Crippen LogP contribution >= 0.6 is 27.5 Å². The van der Waals surface area contributed by atoms with Crippen molar-refractivity contribution in [1.82, 2.24) is 5.32 Å². The van der Waals surface area contributed by atoms with Crippen LogP contribution < -0.4 is 19.7 Å². The highest BCUT2D eigenvalue weighted by Crippen LogP contribution is 2.38. The van der Waals surface area contributed by atoms with Gasteiger partial charge in [0, 0.05) is 0 Å². The molecule has 9 heteroatoms. The van der Waals surface area contributed by atoms with Crippen LogP contribution in [-0.2, 0) is 16.2 Å². The third-order valence-electron chi connectivity index (χ3n) is 5.26. The van der Waals surface area contributed by atoms with E-state index in [9.17, 15) is 14.4 Å². The summed E-state index contributed by atoms with van der Waals surface area (Å²) in [5.74, 6) is -0.719. The summed E-state index contributed by atoms with van der Waals surface area (Å²) < 4.78 is 12.0. The van der Waals surface area contributed by atoms with Gasteiger partial charge in [-0.3, -0.25) is 14.9 Å². The number of rotatable bonds is 6. The van der Waals surface area contributed by atoms with Crippen molar-refractivity contribution >= 4 is 57.1 Å². The van der Waals surface area contributed by atoms with Crippen molar-refractivity contribution in [3.05, 3.63) is 92.4 Å². The second kappa shape index (κ2) is 10.3. The molecule has 1 N–H and O–H groups in total. The normalized spacial score (nSPS) is 14.8. The topological polar surface area (TPSA) is 84.9 Å². The predicted molar refractivity (Wildman–Crippen MR) is 137 cm³/mol. The Bertz CT molecular complexity index is 1350. The molecule has 0 aromatic heterocycles. The number of methoxy groups -OCH3 is 1. The summed E-state index contributed by atoms with van der Waals surface area (Å²) in [6, 6.07) is 16.8. The van der Waals surface area contributed by atoms with Gasteiger partial charge in [-0.25, -0.2) is 9.69 Å². The van der Waals surface area contributed by atoms with Crippen molar-refractivity contribution in [3.8, 4) is 11.5 Å². The molecule has 1 heterocycles. The molecule has 3 aromatic rings. The fraction of sp³-hybridized carbons (Fsp3) is 0.115. The van der Waals surface area contributed by atoms with Crippen molar-refractivity contribution in [2.75, 3.05) is 12.0 Å². The fourth-order valence-corrected chi connectivity index (χ4v) is 4.27. The molecule has 0 radical (unpaired) electrons. The second-order valence-corrected chi connectivity index (χ2v) is 8.98. The Morgan fingerprint density at radius 1 is 1.06 bits per heavy atom. The predicted octanol–water partition coefficient (Wildman–Crippen LogP) is 5.66. The maximum atomic E-state index is 13.1. The van der Waals surface area contributed by atoms with Crippen LogP contribution in [-0.4, -0.2) is 25.0 Å². The van der Waals surface area contributed by atoms with E-state index in [-0.39, 0.29) is 16.3 Å². The fourth-order valence-electron chi connectivity index (χ4n) is 3.48. The van der Waals surface area contributed by atoms with Crippen LogP contribution in [0.2, 0.25) is 5.02 Å². The molecule has 7 nitrogen and oxygen atoms in total. The van der Waals surface area contributed by atoms with Gasteiger partial charge in [-0.2, -0.15) is 0 Å². The molecular weight excluding hydrogens is 536 g/mol. The van der Waals surface area contributed by atoms with Crippen LogP contribution in [0.5, 0.6) is 11.5 Å². The number of anilines is 1. The maximum absolute atomic E-state index is 13.1. The number of nitrogens with zero attached hydrogens (tertiary/aromatic N) is 1. The van der Waals surface area contributed by atoms with Gasteiger partial charge in [0.25, 0.3) is 11.8 Å². The lowest BCUT2D eigenvalue weighted by atomic mass is 10.1. The number of carbonyl (C=O) groups excluding carboxylic acids is 3. The Balaban J connectivity index is 1.64. The Hall–Kier alpha value is -3.62. The van der Waals surface area contributed by atoms with E-state index >= 15 is 0 Å². The highest BCUT2D eigenvalue weighted by molar-refractivity contribution is 9.10. The number of hydrogen-bond acceptors (Lipinski definition) is 5. The minimum atomic E-state index is -0.871. The smallest absolute Gasteiger partial charge is 0.335 e. The van der Waals surface area contributed by atoms with Crippen LogP contribution in [0.25, 0.3) is 6.08 Å². The number of imide groups is 2. The number of aryl methyl sites for hydroxylation is 1. The van der Waals surface area contributed by atoms with Crippen LogP contribution in [0, 0.1) is 6.92 Å². The number of barbiturate groups is 1. The van der Waals surface area contributed by atoms with Crippen LogP contribution in [0.1, 0.15) is 16.7 Å². The zero-order valence-electron chi connectivity index (χ0n) is 18.8. The number of hydrogen-bond donors (Lipinski definition) is 1. The van der Waals surface area contributed by atoms with Crippen molar-refractivity contribution in [3.63, 3.8) is 0 Å². The first-order chi connectivity index (χ1) is 16.8. The van der Waals surface area contributed by atoms with E-state index in [1.807, 2.05) is 31.2 Å². The third-order valence-corrected chi connectivity index (χ3v) is 6.17. The molecule has 1 aliphatic rings. The third kappa shape index (κ3) is 5.23. The lowest BCUT2D eigenvalue weighted by Crippen LogP contribution is -2.54. The van der Waals surface area contributed by atoms with Gasteiger partial charge in [0.05, 0.1) is 22.3 Å². The monoisotopic (exact) mass is 554 g/mol. The molecular formula is C26H20BrClN2O5. The van der Waals surface area contributed by atoms with Gasteiger partial charge >= 0.3 is 6.03 Å². The molecule has 35 heavy (non-hydrogen) atoms. The number of urea groups is 1. The minimum Gasteiger partial charge on any atom is -0.493 e. The quantitative estimate of drug-likeness (QED) is 0.313. The van der Waals surface area contributed by atoms with Gasteiger partial charge in [-0.1, -0.05) is 53.6 Å². The summed E-state index contributed by atoms with van der Waals surface area (Å²) in [6.45, 7) is 2.34. The van der Waals surface area contributed by atoms with Crippen LogP contribution in [0.3, 0.4) is 0 Å². The first kappa shape index (κ1) is 24.5. The number of nitrogens with one attached hydrogen (secondary N) is 1. The number of halogens is 2. The standard InChI is InChI=1S/C26H20BrClN2O5/c1-15-7-9-16(10-8-15)14-35-23-19(27)12-17(13-22(23)34-2)11-18-24(31)29-26(33)30(25(18)32)21-6-4-3-5-20(21)28/h3-13H,14H2,1-2H3,(H,29,31,33)/b18-11+. The van der Waals surface area contributed by atoms with Gasteiger partial charge in [-0.05, 0) is 64.3 Å². The van der Waals surface area contributed by atoms with Gasteiger partial charge in [0.15, 0.2) is 11.5 Å². The summed E-state index contributed by atoms with van der Waals surface area (Å²) in [7, 11) is 1.49. The number of ether oxygens (including phenoxy) is 2. The molecule has 0 atom stereocenters. The molecule has 0 aliphatic carbocycles. The largest absolute Gasteiger partial charge is 0.493 e. The summed E-state index contributed by atoms with van der Waals surface area (Å²) >= 11 is 9.66. The second-order valence-electron chi connectivity index (χ2n) is 7.72. The minimum absolute atomic E-state index is 0.175. The number of para-hydroxylation sites is 1. The molecule has 178 valence electrons. The van der Waals surface area contributed by atoms with Crippen molar-refractivity contribution in [2.24, 2.45) is 0 Å². The summed E-state index contributed by atoms with van der Waals surface area (Å²) in [6.07, 6.45) is 1.38. The van der Waals surface area contributed by atoms with Crippen molar-refractivity contribution in [1.29, 1.82) is 0 Å². The summed E-state index contributed by atoms with van der Waals surface area (Å²) in [5.41, 5.74) is 2.58. The Kier molecular flexibility index (Phi) is 7.23. The molecule has 1 fully saturated rings. The van der Waals surface area contributed by atoms with Crippen LogP contribution in [0.15, 0.2) is 70.7 Å². The summed E-state index contributed by atoms with van der Waals surface area (Å²) in [5, 5.41) is 2.38. The van der Waals surface area contributed by atoms with E-state index in [0.29, 0.717) is 28.1 Å². The van der Waals surface area contributed by atoms with E-state index in [2.05, 4.69) is 21.2 Å². The van der Waals surface area contributed by atoms with Crippen molar-refractivity contribution in [2.45, 2.75) is 13.5 Å². The molecule has 3 aromatic carbocycles. The van der Waals surface area contributed by atoms with E-state index in [1.165, 1.54) is 19.3 Å². The van der Waals surface area contributed by atoms with Crippen molar-refractivity contribution < 1.29 is 23.9 Å². The molecule has 0 saturated carbocycles. The van der Waals surface area contributed by atoms with Gasteiger partial charge in [-0.15, -0.1) is 0 Å². The van der Waals surface area contributed by atoms with E-state index in [1.54, 1.807) is 30.3 Å². The first-order valence-electron chi connectivity index (χ1n) is 10.5. The SMILES string of the molecule is COc1cc(/C=C2\C(=O)NC(=O)N(c3ccccc3Cl)C2=O)cc(Br)c1OCc1ccc(C)cc1. The van der Waals surface area contributed by atoms with E-state index in [0.717, 1.165) is 16.0 Å². The Morgan fingerprint density at radius 2 is 1.77 bits per heavy atom. The zero-order chi connectivity index (χ0) is 25.1. The Morgan fingerprint density at radius 3 is 2.46 bits per heavy atom. The summed E-state index contributed by atoms with van der Waals surface area (Å²) in [4.78, 5) is 38.9.